The molecule has 0 radical (unpaired) electrons. The summed E-state index contributed by atoms with van der Waals surface area (Å²) in [6.07, 6.45) is 0. The van der Waals surface area contributed by atoms with Gasteiger partial charge in [0.25, 0.3) is 0 Å². The first-order chi connectivity index (χ1) is 10.0. The number of nitrogens with zero attached hydrogens (tertiary/aromatic N) is 2. The van der Waals surface area contributed by atoms with Crippen LogP contribution in [0.4, 0.5) is 14.5 Å². The van der Waals surface area contributed by atoms with E-state index >= 15 is 0 Å². The second kappa shape index (κ2) is 7.18. The van der Waals surface area contributed by atoms with Gasteiger partial charge in [0.1, 0.15) is 17.3 Å². The Morgan fingerprint density at radius 1 is 1.10 bits per heavy atom. The predicted molar refractivity (Wildman–Crippen MR) is 82.7 cm³/mol. The summed E-state index contributed by atoms with van der Waals surface area (Å²) in [5.74, 6) is -0.915. The molecule has 1 fully saturated rings. The van der Waals surface area contributed by atoms with Gasteiger partial charge in [-0.25, -0.2) is 8.78 Å². The molecule has 21 heavy (non-hydrogen) atoms. The molecule has 0 atom stereocenters. The monoisotopic (exact) mass is 297 g/mol. The van der Waals surface area contributed by atoms with E-state index in [0.29, 0.717) is 31.2 Å². The summed E-state index contributed by atoms with van der Waals surface area (Å²) >= 11 is 0. The van der Waals surface area contributed by atoms with Gasteiger partial charge in [0.2, 0.25) is 0 Å². The lowest BCUT2D eigenvalue weighted by molar-refractivity contribution is 0.208. The van der Waals surface area contributed by atoms with E-state index in [1.54, 1.807) is 0 Å². The van der Waals surface area contributed by atoms with Crippen LogP contribution in [0.3, 0.4) is 0 Å². The molecular formula is C16H25F2N3. The lowest BCUT2D eigenvalue weighted by atomic mass is 10.1. The molecule has 1 N–H and O–H groups in total. The first-order valence-electron chi connectivity index (χ1n) is 7.70. The van der Waals surface area contributed by atoms with Gasteiger partial charge in [-0.05, 0) is 38.1 Å². The number of nitrogens with one attached hydrogen (secondary N) is 1. The van der Waals surface area contributed by atoms with Crippen LogP contribution in [0.15, 0.2) is 12.1 Å². The van der Waals surface area contributed by atoms with Crippen LogP contribution in [0.1, 0.15) is 26.3 Å². The zero-order chi connectivity index (χ0) is 15.4. The molecule has 0 bridgehead atoms. The van der Waals surface area contributed by atoms with E-state index in [2.05, 4.69) is 24.1 Å². The highest BCUT2D eigenvalue weighted by Gasteiger charge is 2.23. The van der Waals surface area contributed by atoms with Gasteiger partial charge in [-0.2, -0.15) is 0 Å². The van der Waals surface area contributed by atoms with Crippen molar-refractivity contribution in [3.63, 3.8) is 0 Å². The molecule has 0 unspecified atom stereocenters. The molecule has 1 aliphatic rings. The molecule has 1 aromatic carbocycles. The van der Waals surface area contributed by atoms with Crippen LogP contribution in [0.25, 0.3) is 0 Å². The summed E-state index contributed by atoms with van der Waals surface area (Å²) in [6.45, 7) is 10.5. The van der Waals surface area contributed by atoms with Crippen molar-refractivity contribution in [2.75, 3.05) is 37.6 Å². The largest absolute Gasteiger partial charge is 0.364 e. The van der Waals surface area contributed by atoms with Crippen molar-refractivity contribution >= 4 is 5.69 Å². The summed E-state index contributed by atoms with van der Waals surface area (Å²) in [4.78, 5) is 4.15. The lowest BCUT2D eigenvalue weighted by Crippen LogP contribution is -2.49. The number of halogens is 2. The van der Waals surface area contributed by atoms with E-state index in [4.69, 9.17) is 0 Å². The van der Waals surface area contributed by atoms with Gasteiger partial charge in [-0.15, -0.1) is 0 Å². The minimum atomic E-state index is -0.457. The molecule has 1 aromatic rings. The Morgan fingerprint density at radius 3 is 2.14 bits per heavy atom. The third-order valence-corrected chi connectivity index (χ3v) is 4.02. The van der Waals surface area contributed by atoms with Gasteiger partial charge in [0.05, 0.1) is 0 Å². The highest BCUT2D eigenvalue weighted by Crippen LogP contribution is 2.26. The maximum Gasteiger partial charge on any atom is 0.149 e. The average molecular weight is 297 g/mol. The number of hydrogen-bond donors (Lipinski definition) is 1. The van der Waals surface area contributed by atoms with Crippen molar-refractivity contribution in [3.05, 3.63) is 29.3 Å². The van der Waals surface area contributed by atoms with Crippen LogP contribution in [-0.2, 0) is 6.54 Å². The van der Waals surface area contributed by atoms with E-state index in [1.165, 1.54) is 12.1 Å². The number of hydrogen-bond acceptors (Lipinski definition) is 3. The minimum absolute atomic E-state index is 0.124. The summed E-state index contributed by atoms with van der Waals surface area (Å²) in [5, 5.41) is 3.08. The molecule has 3 nitrogen and oxygen atoms in total. The Hall–Kier alpha value is -1.20. The second-order valence-electron chi connectivity index (χ2n) is 5.81. The molecule has 0 aromatic heterocycles. The summed E-state index contributed by atoms with van der Waals surface area (Å²) in [5.41, 5.74) is 0.773. The molecule has 5 heteroatoms. The standard InChI is InChI=1S/C16H25F2N3/c1-4-19-11-13-9-14(17)16(15(18)10-13)21-7-5-20(6-8-21)12(2)3/h9-10,12,19H,4-8,11H2,1-3H3. The Labute approximate surface area is 125 Å². The third kappa shape index (κ3) is 3.92. The SMILES string of the molecule is CCNCc1cc(F)c(N2CCN(C(C)C)CC2)c(F)c1. The fraction of sp³-hybridized carbons (Fsp3) is 0.625. The molecule has 1 heterocycles. The predicted octanol–water partition coefficient (Wildman–Crippen LogP) is 2.60. The maximum atomic E-state index is 14.3. The fourth-order valence-electron chi connectivity index (χ4n) is 2.75. The van der Waals surface area contributed by atoms with E-state index in [9.17, 15) is 8.78 Å². The van der Waals surface area contributed by atoms with Crippen LogP contribution in [0, 0.1) is 11.6 Å². The van der Waals surface area contributed by atoms with E-state index in [0.717, 1.165) is 19.6 Å². The number of anilines is 1. The van der Waals surface area contributed by atoms with Gasteiger partial charge < -0.3 is 10.2 Å². The normalized spacial score (nSPS) is 16.8. The zero-order valence-electron chi connectivity index (χ0n) is 13.1. The van der Waals surface area contributed by atoms with Gasteiger partial charge in [-0.1, -0.05) is 6.92 Å². The van der Waals surface area contributed by atoms with Gasteiger partial charge in [0.15, 0.2) is 0 Å². The Morgan fingerprint density at radius 2 is 1.67 bits per heavy atom. The quantitative estimate of drug-likeness (QED) is 0.901. The number of benzene rings is 1. The minimum Gasteiger partial charge on any atom is -0.364 e. The van der Waals surface area contributed by atoms with Gasteiger partial charge in [-0.3, -0.25) is 4.90 Å². The smallest absolute Gasteiger partial charge is 0.149 e. The fourth-order valence-corrected chi connectivity index (χ4v) is 2.75. The number of piperazine rings is 1. The number of rotatable bonds is 5. The maximum absolute atomic E-state index is 14.3. The van der Waals surface area contributed by atoms with Crippen LogP contribution in [0.2, 0.25) is 0 Å². The van der Waals surface area contributed by atoms with Crippen LogP contribution < -0.4 is 10.2 Å². The first-order valence-corrected chi connectivity index (χ1v) is 7.70. The topological polar surface area (TPSA) is 18.5 Å². The van der Waals surface area contributed by atoms with Crippen molar-refractivity contribution in [2.24, 2.45) is 0 Å². The van der Waals surface area contributed by atoms with Gasteiger partial charge >= 0.3 is 0 Å². The molecule has 0 spiro atoms. The molecule has 118 valence electrons. The molecule has 1 aliphatic heterocycles. The van der Waals surface area contributed by atoms with Crippen molar-refractivity contribution in [3.8, 4) is 0 Å². The zero-order valence-corrected chi connectivity index (χ0v) is 13.1. The summed E-state index contributed by atoms with van der Waals surface area (Å²) in [6, 6.07) is 3.36. The van der Waals surface area contributed by atoms with Crippen molar-refractivity contribution in [1.82, 2.24) is 10.2 Å². The second-order valence-corrected chi connectivity index (χ2v) is 5.81. The Bertz CT molecular complexity index is 446. The highest BCUT2D eigenvalue weighted by molar-refractivity contribution is 5.51. The van der Waals surface area contributed by atoms with Crippen LogP contribution in [0.5, 0.6) is 0 Å². The van der Waals surface area contributed by atoms with Crippen molar-refractivity contribution in [2.45, 2.75) is 33.4 Å². The average Bonchev–Trinajstić information content (AvgIpc) is 2.45. The molecule has 2 rings (SSSR count). The molecular weight excluding hydrogens is 272 g/mol. The molecule has 1 saturated heterocycles. The van der Waals surface area contributed by atoms with Crippen LogP contribution >= 0.6 is 0 Å². The summed E-state index contributed by atoms with van der Waals surface area (Å²) < 4.78 is 28.5. The van der Waals surface area contributed by atoms with Crippen molar-refractivity contribution in [1.29, 1.82) is 0 Å². The van der Waals surface area contributed by atoms with Crippen molar-refractivity contribution < 1.29 is 8.78 Å². The Balaban J connectivity index is 2.10. The van der Waals surface area contributed by atoms with Gasteiger partial charge in [0, 0.05) is 38.8 Å². The lowest BCUT2D eigenvalue weighted by Gasteiger charge is -2.38. The molecule has 0 saturated carbocycles. The van der Waals surface area contributed by atoms with E-state index in [1.807, 2.05) is 11.8 Å². The third-order valence-electron chi connectivity index (χ3n) is 4.02. The van der Waals surface area contributed by atoms with Crippen LogP contribution in [-0.4, -0.2) is 43.7 Å². The van der Waals surface area contributed by atoms with E-state index in [-0.39, 0.29) is 5.69 Å². The molecule has 0 amide bonds. The first kappa shape index (κ1) is 16.2. The highest BCUT2D eigenvalue weighted by atomic mass is 19.1. The summed E-state index contributed by atoms with van der Waals surface area (Å²) in [7, 11) is 0. The van der Waals surface area contributed by atoms with E-state index < -0.39 is 11.6 Å². The Kier molecular flexibility index (Phi) is 5.53. The molecule has 0 aliphatic carbocycles.